The molecule has 0 saturated carbocycles. The molecule has 0 radical (unpaired) electrons. The van der Waals surface area contributed by atoms with Crippen molar-refractivity contribution in [2.24, 2.45) is 5.73 Å². The Morgan fingerprint density at radius 2 is 2.29 bits per heavy atom. The normalized spacial score (nSPS) is 9.86. The van der Waals surface area contributed by atoms with Gasteiger partial charge in [-0.3, -0.25) is 10.1 Å². The lowest BCUT2D eigenvalue weighted by Gasteiger charge is -2.05. The summed E-state index contributed by atoms with van der Waals surface area (Å²) in [5, 5.41) is 10.4. The molecule has 2 N–H and O–H groups in total. The van der Waals surface area contributed by atoms with Crippen LogP contribution in [-0.4, -0.2) is 18.1 Å². The number of hydrogen-bond donors (Lipinski definition) is 1. The molecule has 0 spiro atoms. The highest BCUT2D eigenvalue weighted by Crippen LogP contribution is 2.25. The van der Waals surface area contributed by atoms with Crippen molar-refractivity contribution in [2.75, 3.05) is 13.2 Å². The fourth-order valence-corrected chi connectivity index (χ4v) is 1.54. The smallest absolute Gasteiger partial charge is 0.270 e. The molecule has 76 valence electrons. The van der Waals surface area contributed by atoms with Crippen molar-refractivity contribution in [1.29, 1.82) is 0 Å². The Labute approximate surface area is 94.5 Å². The van der Waals surface area contributed by atoms with Gasteiger partial charge in [0, 0.05) is 18.7 Å². The van der Waals surface area contributed by atoms with Gasteiger partial charge in [-0.1, -0.05) is 0 Å². The van der Waals surface area contributed by atoms with E-state index in [1.807, 2.05) is 22.6 Å². The van der Waals surface area contributed by atoms with Crippen molar-refractivity contribution in [2.45, 2.75) is 0 Å². The first-order chi connectivity index (χ1) is 6.65. The zero-order chi connectivity index (χ0) is 10.6. The minimum absolute atomic E-state index is 0.0644. The summed E-state index contributed by atoms with van der Waals surface area (Å²) in [4.78, 5) is 9.98. The minimum atomic E-state index is -0.436. The fourth-order valence-electron chi connectivity index (χ4n) is 0.889. The van der Waals surface area contributed by atoms with Crippen molar-refractivity contribution in [3.63, 3.8) is 0 Å². The second-order valence-corrected chi connectivity index (χ2v) is 3.67. The zero-order valence-corrected chi connectivity index (χ0v) is 9.43. The predicted octanol–water partition coefficient (Wildman–Crippen LogP) is 1.54. The lowest BCUT2D eigenvalue weighted by atomic mass is 10.3. The highest BCUT2D eigenvalue weighted by atomic mass is 127. The van der Waals surface area contributed by atoms with E-state index in [1.54, 1.807) is 6.07 Å². The summed E-state index contributed by atoms with van der Waals surface area (Å²) in [6, 6.07) is 4.45. The van der Waals surface area contributed by atoms with Gasteiger partial charge in [0.2, 0.25) is 0 Å². The summed E-state index contributed by atoms with van der Waals surface area (Å²) in [7, 11) is 0. The number of non-ortho nitro benzene ring substituents is 1. The van der Waals surface area contributed by atoms with Gasteiger partial charge < -0.3 is 10.5 Å². The van der Waals surface area contributed by atoms with E-state index in [0.717, 1.165) is 0 Å². The summed E-state index contributed by atoms with van der Waals surface area (Å²) in [5.74, 6) is 0.627. The Balaban J connectivity index is 2.84. The highest BCUT2D eigenvalue weighted by Gasteiger charge is 2.09. The maximum atomic E-state index is 10.4. The molecule has 1 aromatic rings. The number of benzene rings is 1. The number of nitrogens with zero attached hydrogens (tertiary/aromatic N) is 1. The molecule has 6 heteroatoms. The largest absolute Gasteiger partial charge is 0.491 e. The number of halogens is 1. The third kappa shape index (κ3) is 2.81. The van der Waals surface area contributed by atoms with Crippen molar-refractivity contribution < 1.29 is 9.66 Å². The van der Waals surface area contributed by atoms with Crippen LogP contribution in [0.4, 0.5) is 5.69 Å². The molecule has 5 nitrogen and oxygen atoms in total. The van der Waals surface area contributed by atoms with Crippen LogP contribution in [0.3, 0.4) is 0 Å². The Morgan fingerprint density at radius 3 is 2.79 bits per heavy atom. The number of nitro benzene ring substituents is 1. The van der Waals surface area contributed by atoms with Crippen LogP contribution < -0.4 is 10.5 Å². The highest BCUT2D eigenvalue weighted by molar-refractivity contribution is 14.1. The molecule has 0 amide bonds. The van der Waals surface area contributed by atoms with Crippen LogP contribution in [0.25, 0.3) is 0 Å². The first-order valence-corrected chi connectivity index (χ1v) is 5.00. The van der Waals surface area contributed by atoms with Gasteiger partial charge in [0.05, 0.1) is 8.49 Å². The monoisotopic (exact) mass is 308 g/mol. The van der Waals surface area contributed by atoms with E-state index < -0.39 is 4.92 Å². The average molecular weight is 308 g/mol. The lowest BCUT2D eigenvalue weighted by Crippen LogP contribution is -2.11. The minimum Gasteiger partial charge on any atom is -0.491 e. The van der Waals surface area contributed by atoms with Crippen LogP contribution in [0.15, 0.2) is 18.2 Å². The summed E-state index contributed by atoms with van der Waals surface area (Å²) in [6.07, 6.45) is 0. The third-order valence-electron chi connectivity index (χ3n) is 1.50. The van der Waals surface area contributed by atoms with Crippen LogP contribution in [0.5, 0.6) is 5.75 Å². The molecule has 0 aliphatic rings. The second-order valence-electron chi connectivity index (χ2n) is 2.51. The number of ether oxygens (including phenoxy) is 1. The molecule has 0 aromatic heterocycles. The van der Waals surface area contributed by atoms with Crippen molar-refractivity contribution in [3.05, 3.63) is 31.9 Å². The van der Waals surface area contributed by atoms with Gasteiger partial charge in [-0.2, -0.15) is 0 Å². The molecular formula is C8H9IN2O3. The molecule has 14 heavy (non-hydrogen) atoms. The molecule has 1 aromatic carbocycles. The van der Waals surface area contributed by atoms with E-state index in [-0.39, 0.29) is 5.69 Å². The van der Waals surface area contributed by atoms with Crippen LogP contribution in [0.2, 0.25) is 0 Å². The van der Waals surface area contributed by atoms with Gasteiger partial charge >= 0.3 is 0 Å². The Kier molecular flexibility index (Phi) is 4.08. The van der Waals surface area contributed by atoms with Gasteiger partial charge in [-0.05, 0) is 28.7 Å². The van der Waals surface area contributed by atoms with Crippen LogP contribution in [0, 0.1) is 13.7 Å². The van der Waals surface area contributed by atoms with Gasteiger partial charge in [-0.25, -0.2) is 0 Å². The third-order valence-corrected chi connectivity index (χ3v) is 2.34. The zero-order valence-electron chi connectivity index (χ0n) is 7.27. The van der Waals surface area contributed by atoms with Gasteiger partial charge in [0.15, 0.2) is 0 Å². The number of nitro groups is 1. The average Bonchev–Trinajstić information content (AvgIpc) is 2.15. The lowest BCUT2D eigenvalue weighted by molar-refractivity contribution is -0.385. The fraction of sp³-hybridized carbons (Fsp3) is 0.250. The molecular weight excluding hydrogens is 299 g/mol. The molecule has 0 atom stereocenters. The molecule has 0 fully saturated rings. The molecule has 1 rings (SSSR count). The molecule has 0 bridgehead atoms. The van der Waals surface area contributed by atoms with Crippen molar-refractivity contribution in [3.8, 4) is 5.75 Å². The molecule has 0 saturated heterocycles. The quantitative estimate of drug-likeness (QED) is 0.520. The van der Waals surface area contributed by atoms with Crippen molar-refractivity contribution in [1.82, 2.24) is 0 Å². The number of hydrogen-bond acceptors (Lipinski definition) is 4. The predicted molar refractivity (Wildman–Crippen MR) is 60.4 cm³/mol. The van der Waals surface area contributed by atoms with Crippen LogP contribution in [0.1, 0.15) is 0 Å². The second kappa shape index (κ2) is 5.11. The van der Waals surface area contributed by atoms with Crippen LogP contribution in [-0.2, 0) is 0 Å². The van der Waals surface area contributed by atoms with E-state index in [9.17, 15) is 10.1 Å². The molecule has 0 aliphatic heterocycles. The van der Waals surface area contributed by atoms with Gasteiger partial charge in [0.25, 0.3) is 5.69 Å². The molecule has 0 aliphatic carbocycles. The molecule has 0 heterocycles. The Bertz CT molecular complexity index is 343. The van der Waals surface area contributed by atoms with E-state index >= 15 is 0 Å². The summed E-state index contributed by atoms with van der Waals surface area (Å²) < 4.78 is 5.98. The number of nitrogens with two attached hydrogens (primary N) is 1. The van der Waals surface area contributed by atoms with Crippen LogP contribution >= 0.6 is 22.6 Å². The van der Waals surface area contributed by atoms with E-state index in [0.29, 0.717) is 22.5 Å². The van der Waals surface area contributed by atoms with Gasteiger partial charge in [0.1, 0.15) is 12.4 Å². The van der Waals surface area contributed by atoms with E-state index in [1.165, 1.54) is 12.1 Å². The summed E-state index contributed by atoms with van der Waals surface area (Å²) >= 11 is 1.99. The van der Waals surface area contributed by atoms with E-state index in [2.05, 4.69) is 0 Å². The first kappa shape index (κ1) is 11.2. The van der Waals surface area contributed by atoms with E-state index in [4.69, 9.17) is 10.5 Å². The van der Waals surface area contributed by atoms with Gasteiger partial charge in [-0.15, -0.1) is 0 Å². The first-order valence-electron chi connectivity index (χ1n) is 3.92. The summed E-state index contributed by atoms with van der Waals surface area (Å²) in [5.41, 5.74) is 5.33. The maximum Gasteiger partial charge on any atom is 0.270 e. The standard InChI is InChI=1S/C8H9IN2O3/c9-7-5-6(11(12)13)1-2-8(7)14-4-3-10/h1-2,5H,3-4,10H2. The SMILES string of the molecule is NCCOc1ccc([N+](=O)[O-])cc1I. The summed E-state index contributed by atoms with van der Waals surface area (Å²) in [6.45, 7) is 0.834. The topological polar surface area (TPSA) is 78.4 Å². The number of rotatable bonds is 4. The maximum absolute atomic E-state index is 10.4. The van der Waals surface area contributed by atoms with Crippen molar-refractivity contribution >= 4 is 28.3 Å². The Morgan fingerprint density at radius 1 is 1.57 bits per heavy atom. The molecule has 0 unspecified atom stereocenters. The Hall–Kier alpha value is -0.890.